The number of rotatable bonds is 2. The largest absolute Gasteiger partial charge is 0.470 e. The number of aryl methyl sites for hydroxylation is 1. The van der Waals surface area contributed by atoms with Crippen molar-refractivity contribution >= 4 is 5.91 Å². The zero-order valence-electron chi connectivity index (χ0n) is 13.2. The Morgan fingerprint density at radius 2 is 1.92 bits per heavy atom. The van der Waals surface area contributed by atoms with Crippen molar-refractivity contribution in [3.05, 3.63) is 40.0 Å². The molecule has 1 aliphatic rings. The molecule has 0 spiro atoms. The van der Waals surface area contributed by atoms with E-state index in [4.69, 9.17) is 4.42 Å². The second kappa shape index (κ2) is 6.30. The number of hydrogen-bond donors (Lipinski definition) is 0. The Hall–Kier alpha value is -2.72. The third-order valence-corrected chi connectivity index (χ3v) is 3.99. The van der Waals surface area contributed by atoms with Crippen LogP contribution in [0.3, 0.4) is 0 Å². The number of amides is 1. The molecular weight excluding hydrogens is 343 g/mol. The standard InChI is InChI=1S/C14H14F3N5O3/c1-21-10(23)3-2-9(20-21)12(24)22-6-4-8(5-7-22)11-18-19-13(25-11)14(15,16)17/h2-3,8H,4-7H2,1H3. The number of carbonyl (C=O) groups is 1. The molecule has 11 heteroatoms. The van der Waals surface area contributed by atoms with Crippen molar-refractivity contribution < 1.29 is 22.4 Å². The molecule has 0 radical (unpaired) electrons. The first-order valence-corrected chi connectivity index (χ1v) is 7.50. The minimum Gasteiger partial charge on any atom is -0.417 e. The van der Waals surface area contributed by atoms with Crippen LogP contribution in [0, 0.1) is 0 Å². The summed E-state index contributed by atoms with van der Waals surface area (Å²) in [6, 6.07) is 2.61. The second-order valence-corrected chi connectivity index (χ2v) is 5.69. The zero-order valence-corrected chi connectivity index (χ0v) is 13.2. The fraction of sp³-hybridized carbons (Fsp3) is 0.500. The molecule has 0 saturated carbocycles. The number of halogens is 3. The molecule has 1 saturated heterocycles. The van der Waals surface area contributed by atoms with Crippen molar-refractivity contribution in [1.82, 2.24) is 24.9 Å². The second-order valence-electron chi connectivity index (χ2n) is 5.69. The summed E-state index contributed by atoms with van der Waals surface area (Å²) in [5.41, 5.74) is -0.190. The summed E-state index contributed by atoms with van der Waals surface area (Å²) < 4.78 is 43.3. The average Bonchev–Trinajstić information content (AvgIpc) is 3.07. The minimum atomic E-state index is -4.67. The molecule has 0 bridgehead atoms. The van der Waals surface area contributed by atoms with Crippen molar-refractivity contribution in [2.24, 2.45) is 7.05 Å². The van der Waals surface area contributed by atoms with E-state index in [9.17, 15) is 22.8 Å². The van der Waals surface area contributed by atoms with Gasteiger partial charge < -0.3 is 9.32 Å². The quantitative estimate of drug-likeness (QED) is 0.802. The Bertz CT molecular complexity index is 837. The predicted octanol–water partition coefficient (Wildman–Crippen LogP) is 1.20. The van der Waals surface area contributed by atoms with Crippen LogP contribution < -0.4 is 5.56 Å². The van der Waals surface area contributed by atoms with Gasteiger partial charge in [0, 0.05) is 32.1 Å². The van der Waals surface area contributed by atoms with Gasteiger partial charge in [-0.1, -0.05) is 0 Å². The van der Waals surface area contributed by atoms with E-state index < -0.39 is 12.1 Å². The van der Waals surface area contributed by atoms with Crippen molar-refractivity contribution in [2.45, 2.75) is 24.9 Å². The lowest BCUT2D eigenvalue weighted by atomic mass is 9.96. The number of hydrogen-bond acceptors (Lipinski definition) is 6. The number of piperidine rings is 1. The van der Waals surface area contributed by atoms with Gasteiger partial charge in [-0.15, -0.1) is 10.2 Å². The SMILES string of the molecule is Cn1nc(C(=O)N2CCC(c3nnc(C(F)(F)F)o3)CC2)ccc1=O. The Morgan fingerprint density at radius 1 is 1.24 bits per heavy atom. The summed E-state index contributed by atoms with van der Waals surface area (Å²) in [7, 11) is 1.44. The van der Waals surface area contributed by atoms with Gasteiger partial charge in [0.15, 0.2) is 0 Å². The van der Waals surface area contributed by atoms with Gasteiger partial charge in [-0.3, -0.25) is 9.59 Å². The third kappa shape index (κ3) is 3.54. The van der Waals surface area contributed by atoms with Crippen LogP contribution in [-0.2, 0) is 13.2 Å². The molecule has 1 fully saturated rings. The summed E-state index contributed by atoms with van der Waals surface area (Å²) in [5, 5.41) is 10.4. The Balaban J connectivity index is 1.65. The van der Waals surface area contributed by atoms with Gasteiger partial charge in [-0.25, -0.2) is 4.68 Å². The number of alkyl halides is 3. The highest BCUT2D eigenvalue weighted by molar-refractivity contribution is 5.92. The molecule has 25 heavy (non-hydrogen) atoms. The minimum absolute atomic E-state index is 0.0698. The van der Waals surface area contributed by atoms with E-state index in [2.05, 4.69) is 15.3 Å². The highest BCUT2D eigenvalue weighted by Gasteiger charge is 2.39. The summed E-state index contributed by atoms with van der Waals surface area (Å²) in [4.78, 5) is 25.2. The van der Waals surface area contributed by atoms with E-state index in [0.29, 0.717) is 25.9 Å². The van der Waals surface area contributed by atoms with Crippen LogP contribution in [0.5, 0.6) is 0 Å². The average molecular weight is 357 g/mol. The molecular formula is C14H14F3N5O3. The van der Waals surface area contributed by atoms with Crippen LogP contribution in [0.1, 0.15) is 41.0 Å². The fourth-order valence-electron chi connectivity index (χ4n) is 2.62. The van der Waals surface area contributed by atoms with E-state index in [-0.39, 0.29) is 29.0 Å². The summed E-state index contributed by atoms with van der Waals surface area (Å²) in [5.74, 6) is -2.11. The fourth-order valence-corrected chi connectivity index (χ4v) is 2.62. The smallest absolute Gasteiger partial charge is 0.417 e. The molecule has 3 heterocycles. The number of aromatic nitrogens is 4. The van der Waals surface area contributed by atoms with E-state index >= 15 is 0 Å². The first-order chi connectivity index (χ1) is 11.8. The normalized spacial score (nSPS) is 16.2. The van der Waals surface area contributed by atoms with Gasteiger partial charge in [0.25, 0.3) is 11.5 Å². The molecule has 3 rings (SSSR count). The Morgan fingerprint density at radius 3 is 2.48 bits per heavy atom. The molecule has 0 aliphatic carbocycles. The highest BCUT2D eigenvalue weighted by Crippen LogP contribution is 2.32. The van der Waals surface area contributed by atoms with Gasteiger partial charge in [0.2, 0.25) is 5.89 Å². The van der Waals surface area contributed by atoms with Gasteiger partial charge in [0.05, 0.1) is 0 Å². The van der Waals surface area contributed by atoms with Crippen molar-refractivity contribution in [1.29, 1.82) is 0 Å². The molecule has 1 amide bonds. The Labute approximate surface area is 139 Å². The Kier molecular flexibility index (Phi) is 4.31. The first-order valence-electron chi connectivity index (χ1n) is 7.50. The van der Waals surface area contributed by atoms with Crippen molar-refractivity contribution in [3.8, 4) is 0 Å². The lowest BCUT2D eigenvalue weighted by molar-refractivity contribution is -0.157. The van der Waals surface area contributed by atoms with Crippen molar-refractivity contribution in [2.75, 3.05) is 13.1 Å². The molecule has 0 N–H and O–H groups in total. The van der Waals surface area contributed by atoms with E-state index in [0.717, 1.165) is 4.68 Å². The van der Waals surface area contributed by atoms with Crippen LogP contribution in [0.2, 0.25) is 0 Å². The van der Waals surface area contributed by atoms with Gasteiger partial charge in [0.1, 0.15) is 5.69 Å². The number of nitrogens with zero attached hydrogens (tertiary/aromatic N) is 5. The summed E-state index contributed by atoms with van der Waals surface area (Å²) in [6.45, 7) is 0.634. The van der Waals surface area contributed by atoms with E-state index in [1.165, 1.54) is 24.1 Å². The maximum Gasteiger partial charge on any atom is 0.470 e. The van der Waals surface area contributed by atoms with Crippen LogP contribution in [0.25, 0.3) is 0 Å². The van der Waals surface area contributed by atoms with Crippen LogP contribution in [0.15, 0.2) is 21.3 Å². The monoisotopic (exact) mass is 357 g/mol. The molecule has 0 atom stereocenters. The van der Waals surface area contributed by atoms with Gasteiger partial charge in [-0.2, -0.15) is 18.3 Å². The molecule has 2 aromatic rings. The molecule has 1 aliphatic heterocycles. The van der Waals surface area contributed by atoms with Gasteiger partial charge in [-0.05, 0) is 18.9 Å². The number of carbonyl (C=O) groups excluding carboxylic acids is 1. The molecule has 0 unspecified atom stereocenters. The maximum absolute atomic E-state index is 12.5. The lowest BCUT2D eigenvalue weighted by Gasteiger charge is -2.30. The predicted molar refractivity (Wildman–Crippen MR) is 76.7 cm³/mol. The molecule has 134 valence electrons. The maximum atomic E-state index is 12.5. The first kappa shape index (κ1) is 17.1. The highest BCUT2D eigenvalue weighted by atomic mass is 19.4. The number of likely N-dealkylation sites (tertiary alicyclic amines) is 1. The van der Waals surface area contributed by atoms with E-state index in [1.54, 1.807) is 0 Å². The van der Waals surface area contributed by atoms with E-state index in [1.807, 2.05) is 0 Å². The summed E-state index contributed by atoms with van der Waals surface area (Å²) in [6.07, 6.45) is -3.87. The molecule has 2 aromatic heterocycles. The molecule has 0 aromatic carbocycles. The zero-order chi connectivity index (χ0) is 18.2. The van der Waals surface area contributed by atoms with Crippen molar-refractivity contribution in [3.63, 3.8) is 0 Å². The van der Waals surface area contributed by atoms with Crippen LogP contribution >= 0.6 is 0 Å². The third-order valence-electron chi connectivity index (χ3n) is 3.99. The molecule has 8 nitrogen and oxygen atoms in total. The van der Waals surface area contributed by atoms with Gasteiger partial charge >= 0.3 is 12.1 Å². The lowest BCUT2D eigenvalue weighted by Crippen LogP contribution is -2.39. The topological polar surface area (TPSA) is 94.1 Å². The van der Waals surface area contributed by atoms with Crippen LogP contribution in [0.4, 0.5) is 13.2 Å². The van der Waals surface area contributed by atoms with Crippen LogP contribution in [-0.4, -0.2) is 43.9 Å². The summed E-state index contributed by atoms with van der Waals surface area (Å²) >= 11 is 0.